The molecule has 1 aromatic carbocycles. The first-order valence-electron chi connectivity index (χ1n) is 5.84. The second kappa shape index (κ2) is 5.32. The number of carbonyl (C=O) groups is 1. The van der Waals surface area contributed by atoms with Crippen molar-refractivity contribution >= 4 is 5.97 Å². The van der Waals surface area contributed by atoms with Crippen molar-refractivity contribution in [1.29, 1.82) is 0 Å². The molecule has 0 fully saturated rings. The lowest BCUT2D eigenvalue weighted by Crippen LogP contribution is -2.24. The van der Waals surface area contributed by atoms with Crippen LogP contribution in [0.1, 0.15) is 44.9 Å². The number of hydrogen-bond donors (Lipinski definition) is 1. The summed E-state index contributed by atoms with van der Waals surface area (Å²) in [6, 6.07) is 7.80. The summed E-state index contributed by atoms with van der Waals surface area (Å²) in [6.07, 6.45) is -0.228. The number of nitrogens with two attached hydrogens (primary N) is 1. The molecule has 0 saturated carbocycles. The van der Waals surface area contributed by atoms with Gasteiger partial charge in [-0.2, -0.15) is 0 Å². The molecule has 0 amide bonds. The van der Waals surface area contributed by atoms with Gasteiger partial charge in [-0.3, -0.25) is 4.79 Å². The van der Waals surface area contributed by atoms with Gasteiger partial charge >= 0.3 is 5.97 Å². The van der Waals surface area contributed by atoms with E-state index in [9.17, 15) is 4.79 Å². The van der Waals surface area contributed by atoms with Crippen LogP contribution >= 0.6 is 0 Å². The maximum absolute atomic E-state index is 11.7. The van der Waals surface area contributed by atoms with Gasteiger partial charge in [0.15, 0.2) is 0 Å². The second-order valence-corrected chi connectivity index (χ2v) is 5.24. The summed E-state index contributed by atoms with van der Waals surface area (Å²) in [6.45, 7) is 7.94. The van der Waals surface area contributed by atoms with Crippen LogP contribution in [0.25, 0.3) is 0 Å². The molecule has 1 atom stereocenters. The highest BCUT2D eigenvalue weighted by molar-refractivity contribution is 5.75. The summed E-state index contributed by atoms with van der Waals surface area (Å²) in [5.41, 5.74) is 7.12. The zero-order valence-electron chi connectivity index (χ0n) is 11.0. The molecule has 17 heavy (non-hydrogen) atoms. The minimum Gasteiger partial charge on any atom is -0.457 e. The summed E-state index contributed by atoms with van der Waals surface area (Å²) < 4.78 is 5.40. The Balaban J connectivity index is 2.70. The highest BCUT2D eigenvalue weighted by Gasteiger charge is 2.25. The fraction of sp³-hybridized carbons (Fsp3) is 0.500. The molecule has 0 aliphatic heterocycles. The summed E-state index contributed by atoms with van der Waals surface area (Å²) in [5.74, 6) is -0.187. The van der Waals surface area contributed by atoms with E-state index in [2.05, 4.69) is 0 Å². The predicted molar refractivity (Wildman–Crippen MR) is 68.3 cm³/mol. The molecule has 3 nitrogen and oxygen atoms in total. The lowest BCUT2D eigenvalue weighted by Gasteiger charge is -2.21. The Labute approximate surface area is 103 Å². The Bertz CT molecular complexity index is 376. The van der Waals surface area contributed by atoms with Crippen molar-refractivity contribution in [3.8, 4) is 0 Å². The largest absolute Gasteiger partial charge is 0.457 e. The van der Waals surface area contributed by atoms with Gasteiger partial charge in [-0.25, -0.2) is 0 Å². The first-order valence-corrected chi connectivity index (χ1v) is 5.84. The van der Waals surface area contributed by atoms with Crippen LogP contribution in [-0.2, 0) is 16.1 Å². The van der Waals surface area contributed by atoms with Crippen LogP contribution in [0.5, 0.6) is 0 Å². The molecular weight excluding hydrogens is 214 g/mol. The standard InChI is InChI=1S/C14H21NO2/c1-10(17-13(16)14(2,3)4)12-7-5-11(9-15)6-8-12/h5-8,10H,9,15H2,1-4H3. The lowest BCUT2D eigenvalue weighted by atomic mass is 9.97. The molecule has 2 N–H and O–H groups in total. The SMILES string of the molecule is CC(OC(=O)C(C)(C)C)c1ccc(CN)cc1. The monoisotopic (exact) mass is 235 g/mol. The van der Waals surface area contributed by atoms with Gasteiger partial charge in [0.05, 0.1) is 5.41 Å². The smallest absolute Gasteiger partial charge is 0.311 e. The highest BCUT2D eigenvalue weighted by Crippen LogP contribution is 2.23. The third-order valence-corrected chi connectivity index (χ3v) is 2.58. The zero-order valence-corrected chi connectivity index (χ0v) is 11.0. The average molecular weight is 235 g/mol. The van der Waals surface area contributed by atoms with Gasteiger partial charge in [0.2, 0.25) is 0 Å². The van der Waals surface area contributed by atoms with E-state index in [1.807, 2.05) is 52.0 Å². The maximum Gasteiger partial charge on any atom is 0.311 e. The van der Waals surface area contributed by atoms with Gasteiger partial charge < -0.3 is 10.5 Å². The van der Waals surface area contributed by atoms with E-state index in [1.54, 1.807) is 0 Å². The molecule has 0 radical (unpaired) electrons. The van der Waals surface area contributed by atoms with Crippen molar-refractivity contribution in [3.05, 3.63) is 35.4 Å². The number of esters is 1. The normalized spacial score (nSPS) is 13.2. The Morgan fingerprint density at radius 1 is 1.29 bits per heavy atom. The molecule has 0 aromatic heterocycles. The van der Waals surface area contributed by atoms with Gasteiger partial charge in [-0.1, -0.05) is 24.3 Å². The molecule has 0 saturated heterocycles. The Morgan fingerprint density at radius 3 is 2.24 bits per heavy atom. The van der Waals surface area contributed by atoms with Crippen molar-refractivity contribution in [2.24, 2.45) is 11.1 Å². The summed E-state index contributed by atoms with van der Waals surface area (Å²) in [5, 5.41) is 0. The van der Waals surface area contributed by atoms with E-state index in [1.165, 1.54) is 0 Å². The van der Waals surface area contributed by atoms with Crippen LogP contribution in [0.15, 0.2) is 24.3 Å². The Morgan fingerprint density at radius 2 is 1.82 bits per heavy atom. The Kier molecular flexibility index (Phi) is 4.29. The van der Waals surface area contributed by atoms with E-state index >= 15 is 0 Å². The number of ether oxygens (including phenoxy) is 1. The number of carbonyl (C=O) groups excluding carboxylic acids is 1. The fourth-order valence-electron chi connectivity index (χ4n) is 1.33. The van der Waals surface area contributed by atoms with Gasteiger partial charge in [-0.15, -0.1) is 0 Å². The first kappa shape index (κ1) is 13.7. The van der Waals surface area contributed by atoms with Gasteiger partial charge in [0.25, 0.3) is 0 Å². The molecule has 0 bridgehead atoms. The van der Waals surface area contributed by atoms with Crippen molar-refractivity contribution in [2.75, 3.05) is 0 Å². The molecule has 1 rings (SSSR count). The number of hydrogen-bond acceptors (Lipinski definition) is 3. The molecule has 94 valence electrons. The number of rotatable bonds is 3. The van der Waals surface area contributed by atoms with Crippen LogP contribution in [0.2, 0.25) is 0 Å². The summed E-state index contributed by atoms with van der Waals surface area (Å²) >= 11 is 0. The molecule has 0 aliphatic carbocycles. The maximum atomic E-state index is 11.7. The molecule has 0 heterocycles. The van der Waals surface area contributed by atoms with Gasteiger partial charge in [0.1, 0.15) is 6.10 Å². The third-order valence-electron chi connectivity index (χ3n) is 2.58. The second-order valence-electron chi connectivity index (χ2n) is 5.24. The molecule has 0 aliphatic rings. The molecule has 3 heteroatoms. The first-order chi connectivity index (χ1) is 7.84. The van der Waals surface area contributed by atoms with E-state index in [-0.39, 0.29) is 12.1 Å². The van der Waals surface area contributed by atoms with Crippen molar-refractivity contribution < 1.29 is 9.53 Å². The van der Waals surface area contributed by atoms with Crippen LogP contribution < -0.4 is 5.73 Å². The molecule has 1 unspecified atom stereocenters. The lowest BCUT2D eigenvalue weighted by molar-refractivity contribution is -0.158. The fourth-order valence-corrected chi connectivity index (χ4v) is 1.33. The van der Waals surface area contributed by atoms with Crippen LogP contribution in [0.4, 0.5) is 0 Å². The molecular formula is C14H21NO2. The highest BCUT2D eigenvalue weighted by atomic mass is 16.5. The summed E-state index contributed by atoms with van der Waals surface area (Å²) in [7, 11) is 0. The van der Waals surface area contributed by atoms with Crippen molar-refractivity contribution in [2.45, 2.75) is 40.3 Å². The van der Waals surface area contributed by atoms with Crippen molar-refractivity contribution in [1.82, 2.24) is 0 Å². The van der Waals surface area contributed by atoms with Crippen LogP contribution in [0.3, 0.4) is 0 Å². The van der Waals surface area contributed by atoms with Crippen LogP contribution in [-0.4, -0.2) is 5.97 Å². The average Bonchev–Trinajstić information content (AvgIpc) is 2.27. The quantitative estimate of drug-likeness (QED) is 0.820. The van der Waals surface area contributed by atoms with E-state index in [4.69, 9.17) is 10.5 Å². The van der Waals surface area contributed by atoms with Gasteiger partial charge in [-0.05, 0) is 38.8 Å². The topological polar surface area (TPSA) is 52.3 Å². The van der Waals surface area contributed by atoms with Crippen molar-refractivity contribution in [3.63, 3.8) is 0 Å². The predicted octanol–water partition coefficient (Wildman–Crippen LogP) is 2.80. The zero-order chi connectivity index (χ0) is 13.1. The van der Waals surface area contributed by atoms with Crippen LogP contribution in [0, 0.1) is 5.41 Å². The minimum atomic E-state index is -0.467. The number of benzene rings is 1. The third kappa shape index (κ3) is 3.86. The van der Waals surface area contributed by atoms with E-state index in [0.29, 0.717) is 6.54 Å². The van der Waals surface area contributed by atoms with E-state index in [0.717, 1.165) is 11.1 Å². The van der Waals surface area contributed by atoms with Gasteiger partial charge in [0, 0.05) is 6.54 Å². The summed E-state index contributed by atoms with van der Waals surface area (Å²) in [4.78, 5) is 11.7. The minimum absolute atomic E-state index is 0.187. The molecule has 1 aromatic rings. The molecule has 0 spiro atoms. The van der Waals surface area contributed by atoms with E-state index < -0.39 is 5.41 Å². The Hall–Kier alpha value is -1.35.